The smallest absolute Gasteiger partial charge is 0.0653 e. The highest BCUT2D eigenvalue weighted by molar-refractivity contribution is 5.85. The van der Waals surface area contributed by atoms with E-state index in [1.54, 1.807) is 0 Å². The van der Waals surface area contributed by atoms with E-state index in [4.69, 9.17) is 4.84 Å². The van der Waals surface area contributed by atoms with Crippen molar-refractivity contribution in [3.05, 3.63) is 0 Å². The molecular weight excluding hydrogens is 306 g/mol. The van der Waals surface area contributed by atoms with E-state index in [2.05, 4.69) is 12.4 Å². The summed E-state index contributed by atoms with van der Waals surface area (Å²) in [4.78, 5) is 5.11. The van der Waals surface area contributed by atoms with Crippen LogP contribution < -0.4 is 5.48 Å². The van der Waals surface area contributed by atoms with Gasteiger partial charge in [-0.1, -0.05) is 103 Å². The van der Waals surface area contributed by atoms with Crippen LogP contribution in [0.25, 0.3) is 0 Å². The van der Waals surface area contributed by atoms with Gasteiger partial charge in [-0.25, -0.2) is 5.48 Å². The van der Waals surface area contributed by atoms with Crippen LogP contribution in [0.3, 0.4) is 0 Å². The Morgan fingerprint density at radius 2 is 0.870 bits per heavy atom. The molecule has 0 aromatic carbocycles. The molecule has 23 heavy (non-hydrogen) atoms. The van der Waals surface area contributed by atoms with E-state index < -0.39 is 0 Å². The van der Waals surface area contributed by atoms with Gasteiger partial charge in [0.05, 0.1) is 6.61 Å². The molecule has 0 amide bonds. The molecule has 0 rings (SSSR count). The van der Waals surface area contributed by atoms with Gasteiger partial charge < -0.3 is 4.84 Å². The zero-order valence-electron chi connectivity index (χ0n) is 16.0. The van der Waals surface area contributed by atoms with Crippen molar-refractivity contribution >= 4 is 12.4 Å². The molecule has 0 atom stereocenters. The third-order valence-electron chi connectivity index (χ3n) is 4.38. The zero-order chi connectivity index (χ0) is 16.1. The highest BCUT2D eigenvalue weighted by atomic mass is 35.5. The van der Waals surface area contributed by atoms with Crippen molar-refractivity contribution in [1.82, 2.24) is 5.48 Å². The summed E-state index contributed by atoms with van der Waals surface area (Å²) in [7, 11) is 0. The fourth-order valence-corrected chi connectivity index (χ4v) is 2.92. The Morgan fingerprint density at radius 3 is 1.22 bits per heavy atom. The molecule has 2 nitrogen and oxygen atoms in total. The van der Waals surface area contributed by atoms with Crippen LogP contribution >= 0.6 is 12.4 Å². The maximum atomic E-state index is 5.11. The van der Waals surface area contributed by atoms with Gasteiger partial charge in [-0.3, -0.25) is 0 Å². The lowest BCUT2D eigenvalue weighted by atomic mass is 10.0. The second-order valence-electron chi connectivity index (χ2n) is 6.63. The van der Waals surface area contributed by atoms with Crippen molar-refractivity contribution < 1.29 is 4.84 Å². The number of rotatable bonds is 19. The van der Waals surface area contributed by atoms with Crippen molar-refractivity contribution in [2.75, 3.05) is 13.2 Å². The van der Waals surface area contributed by atoms with Crippen LogP contribution in [0.5, 0.6) is 0 Å². The van der Waals surface area contributed by atoms with Crippen molar-refractivity contribution in [3.63, 3.8) is 0 Å². The first-order chi connectivity index (χ1) is 10.9. The first kappa shape index (κ1) is 25.5. The fraction of sp³-hybridized carbons (Fsp3) is 1.00. The number of hydrogen-bond acceptors (Lipinski definition) is 2. The van der Waals surface area contributed by atoms with Gasteiger partial charge in [0.25, 0.3) is 0 Å². The lowest BCUT2D eigenvalue weighted by Gasteiger charge is -2.04. The number of hydroxylamine groups is 1. The minimum atomic E-state index is 0. The van der Waals surface area contributed by atoms with Gasteiger partial charge in [0.1, 0.15) is 0 Å². The van der Waals surface area contributed by atoms with Gasteiger partial charge in [0.2, 0.25) is 0 Å². The third-order valence-corrected chi connectivity index (χ3v) is 4.38. The average Bonchev–Trinajstić information content (AvgIpc) is 2.54. The molecule has 0 aliphatic carbocycles. The Kier molecular flexibility index (Phi) is 27.1. The number of hydrogen-bond donors (Lipinski definition) is 1. The Morgan fingerprint density at radius 1 is 0.522 bits per heavy atom. The normalized spacial score (nSPS) is 10.7. The summed E-state index contributed by atoms with van der Waals surface area (Å²) in [5.41, 5.74) is 2.98. The summed E-state index contributed by atoms with van der Waals surface area (Å²) in [6.07, 6.45) is 22.8. The summed E-state index contributed by atoms with van der Waals surface area (Å²) in [6, 6.07) is 0. The van der Waals surface area contributed by atoms with E-state index in [1.165, 1.54) is 103 Å². The van der Waals surface area contributed by atoms with E-state index >= 15 is 0 Å². The molecule has 0 unspecified atom stereocenters. The Labute approximate surface area is 152 Å². The molecule has 0 aromatic heterocycles. The van der Waals surface area contributed by atoms with E-state index in [0.29, 0.717) is 0 Å². The van der Waals surface area contributed by atoms with Gasteiger partial charge in [-0.15, -0.1) is 12.4 Å². The van der Waals surface area contributed by atoms with Crippen molar-refractivity contribution in [3.8, 4) is 0 Å². The molecule has 0 heterocycles. The summed E-state index contributed by atoms with van der Waals surface area (Å²) < 4.78 is 0. The second kappa shape index (κ2) is 24.5. The van der Waals surface area contributed by atoms with Crippen molar-refractivity contribution in [2.45, 2.75) is 117 Å². The first-order valence-corrected chi connectivity index (χ1v) is 10.3. The maximum absolute atomic E-state index is 5.11. The maximum Gasteiger partial charge on any atom is 0.0653 e. The lowest BCUT2D eigenvalue weighted by Crippen LogP contribution is -2.15. The Balaban J connectivity index is 0. The van der Waals surface area contributed by atoms with Gasteiger partial charge >= 0.3 is 0 Å². The first-order valence-electron chi connectivity index (χ1n) is 10.3. The summed E-state index contributed by atoms with van der Waals surface area (Å²) in [5.74, 6) is 0. The number of nitrogens with one attached hydrogen (secondary N) is 1. The molecule has 0 bridgehead atoms. The van der Waals surface area contributed by atoms with Crippen LogP contribution in [0.2, 0.25) is 0 Å². The summed E-state index contributed by atoms with van der Waals surface area (Å²) in [6.45, 7) is 6.07. The van der Waals surface area contributed by atoms with Crippen LogP contribution in [0.4, 0.5) is 0 Å². The van der Waals surface area contributed by atoms with E-state index in [0.717, 1.165) is 13.2 Å². The molecule has 1 N–H and O–H groups in total. The fourth-order valence-electron chi connectivity index (χ4n) is 2.92. The van der Waals surface area contributed by atoms with Crippen molar-refractivity contribution in [2.24, 2.45) is 0 Å². The number of unbranched alkanes of at least 4 members (excludes halogenated alkanes) is 15. The minimum absolute atomic E-state index is 0. The SMILES string of the molecule is CCCCCCCCCCCCCCCCCCNOCC.Cl. The van der Waals surface area contributed by atoms with E-state index in [1.807, 2.05) is 6.92 Å². The molecule has 0 radical (unpaired) electrons. The largest absolute Gasteiger partial charge is 0.302 e. The molecule has 0 aliphatic heterocycles. The molecule has 0 aliphatic rings. The van der Waals surface area contributed by atoms with Crippen LogP contribution in [0.1, 0.15) is 117 Å². The zero-order valence-corrected chi connectivity index (χ0v) is 16.9. The molecule has 142 valence electrons. The summed E-state index contributed by atoms with van der Waals surface area (Å²) >= 11 is 0. The molecular formula is C20H44ClNO. The Hall–Kier alpha value is 0.210. The van der Waals surface area contributed by atoms with Crippen LogP contribution in [-0.4, -0.2) is 13.2 Å². The van der Waals surface area contributed by atoms with Crippen LogP contribution in [0, 0.1) is 0 Å². The molecule has 0 spiro atoms. The molecule has 0 saturated heterocycles. The van der Waals surface area contributed by atoms with E-state index in [9.17, 15) is 0 Å². The summed E-state index contributed by atoms with van der Waals surface area (Å²) in [5, 5.41) is 0. The molecule has 3 heteroatoms. The average molecular weight is 350 g/mol. The van der Waals surface area contributed by atoms with Crippen LogP contribution in [-0.2, 0) is 4.84 Å². The molecule has 0 saturated carbocycles. The van der Waals surface area contributed by atoms with E-state index in [-0.39, 0.29) is 12.4 Å². The lowest BCUT2D eigenvalue weighted by molar-refractivity contribution is 0.0500. The predicted octanol–water partition coefficient (Wildman–Crippen LogP) is 7.21. The van der Waals surface area contributed by atoms with Crippen LogP contribution in [0.15, 0.2) is 0 Å². The quantitative estimate of drug-likeness (QED) is 0.196. The second-order valence-corrected chi connectivity index (χ2v) is 6.63. The molecule has 0 fully saturated rings. The Bertz CT molecular complexity index is 170. The number of halogens is 1. The topological polar surface area (TPSA) is 21.3 Å². The van der Waals surface area contributed by atoms with Gasteiger partial charge in [0, 0.05) is 6.54 Å². The predicted molar refractivity (Wildman–Crippen MR) is 106 cm³/mol. The molecule has 0 aromatic rings. The van der Waals surface area contributed by atoms with Gasteiger partial charge in [-0.2, -0.15) is 0 Å². The standard InChI is InChI=1S/C20H43NO.ClH/c1-3-5-6-7-8-9-10-11-12-13-14-15-16-17-18-19-20-21-22-4-2;/h21H,3-20H2,1-2H3;1H. The monoisotopic (exact) mass is 349 g/mol. The highest BCUT2D eigenvalue weighted by Crippen LogP contribution is 2.13. The van der Waals surface area contributed by atoms with Gasteiger partial charge in [0.15, 0.2) is 0 Å². The highest BCUT2D eigenvalue weighted by Gasteiger charge is 1.94. The minimum Gasteiger partial charge on any atom is -0.302 e. The third kappa shape index (κ3) is 24.6. The van der Waals surface area contributed by atoms with Gasteiger partial charge in [-0.05, 0) is 13.3 Å². The van der Waals surface area contributed by atoms with Crippen molar-refractivity contribution in [1.29, 1.82) is 0 Å².